The van der Waals surface area contributed by atoms with Crippen molar-refractivity contribution in [3.05, 3.63) is 0 Å². The van der Waals surface area contributed by atoms with Crippen LogP contribution in [-0.2, 0) is 4.79 Å². The second-order valence-electron chi connectivity index (χ2n) is 5.86. The lowest BCUT2D eigenvalue weighted by Crippen LogP contribution is -2.48. The molecule has 0 spiro atoms. The van der Waals surface area contributed by atoms with Crippen molar-refractivity contribution in [2.45, 2.75) is 57.6 Å². The highest BCUT2D eigenvalue weighted by atomic mass is 16.3. The Bertz CT molecular complexity index is 260. The van der Waals surface area contributed by atoms with E-state index in [1.807, 2.05) is 0 Å². The Balaban J connectivity index is 2.46. The van der Waals surface area contributed by atoms with E-state index in [0.29, 0.717) is 18.9 Å². The molecule has 0 saturated heterocycles. The van der Waals surface area contributed by atoms with Gasteiger partial charge in [-0.25, -0.2) is 0 Å². The molecule has 0 heterocycles. The summed E-state index contributed by atoms with van der Waals surface area (Å²) in [4.78, 5) is 13.6. The van der Waals surface area contributed by atoms with Gasteiger partial charge in [-0.05, 0) is 25.2 Å². The van der Waals surface area contributed by atoms with E-state index in [0.717, 1.165) is 25.7 Å². The third-order valence-corrected chi connectivity index (χ3v) is 3.48. The van der Waals surface area contributed by atoms with Crippen molar-refractivity contribution in [1.29, 1.82) is 0 Å². The van der Waals surface area contributed by atoms with Gasteiger partial charge in [0.05, 0.1) is 11.6 Å². The first kappa shape index (κ1) is 14.5. The number of rotatable bonds is 5. The Labute approximate surface area is 104 Å². The summed E-state index contributed by atoms with van der Waals surface area (Å²) in [7, 11) is 1.73. The van der Waals surface area contributed by atoms with Crippen molar-refractivity contribution in [2.75, 3.05) is 13.6 Å². The molecule has 1 aliphatic rings. The van der Waals surface area contributed by atoms with E-state index in [-0.39, 0.29) is 5.91 Å². The molecule has 1 rings (SSSR count). The van der Waals surface area contributed by atoms with Crippen molar-refractivity contribution >= 4 is 5.91 Å². The summed E-state index contributed by atoms with van der Waals surface area (Å²) in [6.45, 7) is 4.52. The molecule has 0 aromatic heterocycles. The summed E-state index contributed by atoms with van der Waals surface area (Å²) in [6, 6.07) is -0.440. The number of carbonyl (C=O) groups excluding carboxylic acids is 1. The molecule has 4 heteroatoms. The van der Waals surface area contributed by atoms with Crippen LogP contribution in [-0.4, -0.2) is 41.1 Å². The highest BCUT2D eigenvalue weighted by Gasteiger charge is 2.34. The Morgan fingerprint density at radius 1 is 1.41 bits per heavy atom. The zero-order valence-corrected chi connectivity index (χ0v) is 11.3. The van der Waals surface area contributed by atoms with Crippen LogP contribution in [0.3, 0.4) is 0 Å². The van der Waals surface area contributed by atoms with Gasteiger partial charge in [-0.15, -0.1) is 0 Å². The third-order valence-electron chi connectivity index (χ3n) is 3.48. The quantitative estimate of drug-likeness (QED) is 0.759. The monoisotopic (exact) mass is 242 g/mol. The van der Waals surface area contributed by atoms with E-state index < -0.39 is 11.6 Å². The van der Waals surface area contributed by atoms with Crippen LogP contribution >= 0.6 is 0 Å². The highest BCUT2D eigenvalue weighted by molar-refractivity contribution is 5.81. The smallest absolute Gasteiger partial charge is 0.239 e. The maximum absolute atomic E-state index is 12.0. The lowest BCUT2D eigenvalue weighted by Gasteiger charge is -2.30. The molecule has 17 heavy (non-hydrogen) atoms. The second-order valence-corrected chi connectivity index (χ2v) is 5.86. The van der Waals surface area contributed by atoms with Crippen molar-refractivity contribution in [3.8, 4) is 0 Å². The molecular weight excluding hydrogens is 216 g/mol. The Kier molecular flexibility index (Phi) is 4.95. The third kappa shape index (κ3) is 4.28. The van der Waals surface area contributed by atoms with Gasteiger partial charge in [-0.2, -0.15) is 0 Å². The van der Waals surface area contributed by atoms with Crippen molar-refractivity contribution < 1.29 is 9.90 Å². The first-order valence-corrected chi connectivity index (χ1v) is 6.57. The maximum Gasteiger partial charge on any atom is 0.239 e. The van der Waals surface area contributed by atoms with Gasteiger partial charge in [-0.3, -0.25) is 4.79 Å². The van der Waals surface area contributed by atoms with Crippen LogP contribution in [0.15, 0.2) is 0 Å². The van der Waals surface area contributed by atoms with Gasteiger partial charge in [0.1, 0.15) is 0 Å². The number of hydrogen-bond acceptors (Lipinski definition) is 3. The molecule has 4 nitrogen and oxygen atoms in total. The summed E-state index contributed by atoms with van der Waals surface area (Å²) in [5, 5.41) is 10.2. The average Bonchev–Trinajstić information content (AvgIpc) is 2.62. The molecule has 0 aromatic rings. The van der Waals surface area contributed by atoms with Crippen LogP contribution in [0.4, 0.5) is 0 Å². The normalized spacial score (nSPS) is 20.6. The number of nitrogens with two attached hydrogens (primary N) is 1. The number of amides is 1. The summed E-state index contributed by atoms with van der Waals surface area (Å²) in [5.74, 6) is 0.357. The van der Waals surface area contributed by atoms with Crippen LogP contribution in [0.1, 0.15) is 46.0 Å². The van der Waals surface area contributed by atoms with Crippen molar-refractivity contribution in [3.63, 3.8) is 0 Å². The Morgan fingerprint density at radius 2 is 1.94 bits per heavy atom. The topological polar surface area (TPSA) is 66.6 Å². The predicted molar refractivity (Wildman–Crippen MR) is 68.5 cm³/mol. The lowest BCUT2D eigenvalue weighted by molar-refractivity contribution is -0.134. The van der Waals surface area contributed by atoms with Gasteiger partial charge < -0.3 is 15.7 Å². The molecule has 1 aliphatic carbocycles. The molecule has 1 atom stereocenters. The lowest BCUT2D eigenvalue weighted by atomic mass is 10.00. The predicted octanol–water partition coefficient (Wildman–Crippen LogP) is 1.12. The van der Waals surface area contributed by atoms with Crippen LogP contribution in [0.25, 0.3) is 0 Å². The molecule has 0 bridgehead atoms. The molecule has 3 N–H and O–H groups in total. The second kappa shape index (κ2) is 5.83. The number of nitrogens with zero attached hydrogens (tertiary/aromatic N) is 1. The number of carbonyl (C=O) groups is 1. The molecule has 0 radical (unpaired) electrons. The highest BCUT2D eigenvalue weighted by Crippen LogP contribution is 2.30. The summed E-state index contributed by atoms with van der Waals surface area (Å²) in [5.41, 5.74) is 5.18. The van der Waals surface area contributed by atoms with Crippen molar-refractivity contribution in [1.82, 2.24) is 4.90 Å². The number of aliphatic hydroxyl groups is 1. The molecule has 1 amide bonds. The minimum atomic E-state index is -0.679. The molecule has 0 aromatic carbocycles. The van der Waals surface area contributed by atoms with Crippen LogP contribution < -0.4 is 5.73 Å². The summed E-state index contributed by atoms with van der Waals surface area (Å²) >= 11 is 0. The zero-order chi connectivity index (χ0) is 13.1. The van der Waals surface area contributed by atoms with E-state index >= 15 is 0 Å². The van der Waals surface area contributed by atoms with Crippen LogP contribution in [0, 0.1) is 5.92 Å². The van der Waals surface area contributed by atoms with Gasteiger partial charge in [0.25, 0.3) is 0 Å². The fourth-order valence-electron chi connectivity index (χ4n) is 2.60. The molecule has 1 fully saturated rings. The fraction of sp³-hybridized carbons (Fsp3) is 0.923. The average molecular weight is 242 g/mol. The maximum atomic E-state index is 12.0. The first-order valence-electron chi connectivity index (χ1n) is 6.57. The van der Waals surface area contributed by atoms with E-state index in [9.17, 15) is 9.90 Å². The molecule has 0 aliphatic heterocycles. The van der Waals surface area contributed by atoms with Gasteiger partial charge in [0.2, 0.25) is 5.91 Å². The standard InChI is InChI=1S/C13H26N2O2/c1-10(2)8-11(14)12(16)15(3)9-13(17)6-4-5-7-13/h10-11,17H,4-9,14H2,1-3H3. The van der Waals surface area contributed by atoms with E-state index in [4.69, 9.17) is 5.73 Å². The fourth-order valence-corrected chi connectivity index (χ4v) is 2.60. The first-order chi connectivity index (χ1) is 7.84. The van der Waals surface area contributed by atoms with Gasteiger partial charge >= 0.3 is 0 Å². The van der Waals surface area contributed by atoms with Crippen molar-refractivity contribution in [2.24, 2.45) is 11.7 Å². The van der Waals surface area contributed by atoms with E-state index in [1.165, 1.54) is 0 Å². The summed E-state index contributed by atoms with van der Waals surface area (Å²) in [6.07, 6.45) is 4.39. The molecule has 100 valence electrons. The molecule has 1 unspecified atom stereocenters. The van der Waals surface area contributed by atoms with E-state index in [2.05, 4.69) is 13.8 Å². The van der Waals surface area contributed by atoms with E-state index in [1.54, 1.807) is 11.9 Å². The molecular formula is C13H26N2O2. The Morgan fingerprint density at radius 3 is 2.41 bits per heavy atom. The van der Waals surface area contributed by atoms with Gasteiger partial charge in [-0.1, -0.05) is 26.7 Å². The summed E-state index contributed by atoms with van der Waals surface area (Å²) < 4.78 is 0. The number of likely N-dealkylation sites (N-methyl/N-ethyl adjacent to an activating group) is 1. The minimum Gasteiger partial charge on any atom is -0.388 e. The van der Waals surface area contributed by atoms with Gasteiger partial charge in [0, 0.05) is 13.6 Å². The Hall–Kier alpha value is -0.610. The number of hydrogen-bond donors (Lipinski definition) is 2. The van der Waals surface area contributed by atoms with Crippen LogP contribution in [0.5, 0.6) is 0 Å². The minimum absolute atomic E-state index is 0.0565. The zero-order valence-electron chi connectivity index (χ0n) is 11.3. The SMILES string of the molecule is CC(C)CC(N)C(=O)N(C)CC1(O)CCCC1. The largest absolute Gasteiger partial charge is 0.388 e. The van der Waals surface area contributed by atoms with Crippen LogP contribution in [0.2, 0.25) is 0 Å². The molecule has 1 saturated carbocycles. The van der Waals surface area contributed by atoms with Gasteiger partial charge in [0.15, 0.2) is 0 Å².